The number of carboxylic acids is 1. The first-order chi connectivity index (χ1) is 9.06. The number of benzene rings is 1. The molecule has 1 N–H and O–H groups in total. The molecule has 0 amide bonds. The zero-order valence-electron chi connectivity index (χ0n) is 9.88. The fourth-order valence-corrected chi connectivity index (χ4v) is 1.45. The van der Waals surface area contributed by atoms with Crippen LogP contribution in [0.5, 0.6) is 0 Å². The van der Waals surface area contributed by atoms with Crippen molar-refractivity contribution in [3.05, 3.63) is 35.7 Å². The molecule has 0 unspecified atom stereocenters. The zero-order chi connectivity index (χ0) is 14.3. The van der Waals surface area contributed by atoms with Gasteiger partial charge in [-0.15, -0.1) is 0 Å². The molecule has 0 aliphatic heterocycles. The van der Waals surface area contributed by atoms with Crippen LogP contribution in [0, 0.1) is 28.5 Å². The minimum atomic E-state index is -1.14. The Morgan fingerprint density at radius 3 is 2.47 bits per heavy atom. The number of hydrogen-bond donors (Lipinski definition) is 1. The van der Waals surface area contributed by atoms with E-state index in [-0.39, 0.29) is 13.1 Å². The molecule has 1 aromatic rings. The largest absolute Gasteiger partial charge is 0.478 e. The van der Waals surface area contributed by atoms with Crippen LogP contribution in [0.15, 0.2) is 24.3 Å². The first-order valence-electron chi connectivity index (χ1n) is 5.27. The summed E-state index contributed by atoms with van der Waals surface area (Å²) in [4.78, 5) is 11.8. The number of nitrogens with zero attached hydrogens (tertiary/aromatic N) is 3. The lowest BCUT2D eigenvalue weighted by atomic mass is 10.1. The summed E-state index contributed by atoms with van der Waals surface area (Å²) in [6.07, 6.45) is 2.13. The highest BCUT2D eigenvalue weighted by Gasteiger charge is 2.08. The topological polar surface area (TPSA) is 88.1 Å². The maximum atomic E-state index is 13.4. The molecule has 0 radical (unpaired) electrons. The highest BCUT2D eigenvalue weighted by Crippen LogP contribution is 2.19. The molecule has 0 heterocycles. The summed E-state index contributed by atoms with van der Waals surface area (Å²) in [7, 11) is 0. The van der Waals surface area contributed by atoms with Crippen molar-refractivity contribution in [2.75, 3.05) is 18.0 Å². The Labute approximate surface area is 109 Å². The van der Waals surface area contributed by atoms with E-state index < -0.39 is 11.8 Å². The van der Waals surface area contributed by atoms with Crippen LogP contribution in [0.25, 0.3) is 6.08 Å². The Hall–Kier alpha value is -2.86. The van der Waals surface area contributed by atoms with Crippen molar-refractivity contribution in [1.29, 1.82) is 10.5 Å². The van der Waals surface area contributed by atoms with Crippen molar-refractivity contribution in [2.24, 2.45) is 0 Å². The summed E-state index contributed by atoms with van der Waals surface area (Å²) in [6.45, 7) is -0.113. The van der Waals surface area contributed by atoms with Crippen molar-refractivity contribution in [2.45, 2.75) is 0 Å². The smallest absolute Gasteiger partial charge is 0.328 e. The number of aliphatic carboxylic acids is 1. The maximum Gasteiger partial charge on any atom is 0.328 e. The molecule has 0 spiro atoms. The molecule has 0 aromatic heterocycles. The number of anilines is 1. The van der Waals surface area contributed by atoms with E-state index in [2.05, 4.69) is 0 Å². The number of rotatable bonds is 5. The molecule has 0 aliphatic rings. The second kappa shape index (κ2) is 6.77. The number of carboxylic acid groups (broad SMARTS) is 1. The molecule has 96 valence electrons. The van der Waals surface area contributed by atoms with E-state index in [1.165, 1.54) is 29.2 Å². The Morgan fingerprint density at radius 1 is 1.32 bits per heavy atom. The second-order valence-electron chi connectivity index (χ2n) is 3.59. The van der Waals surface area contributed by atoms with Gasteiger partial charge in [0, 0.05) is 11.8 Å². The van der Waals surface area contributed by atoms with E-state index in [9.17, 15) is 9.18 Å². The highest BCUT2D eigenvalue weighted by atomic mass is 19.1. The van der Waals surface area contributed by atoms with Crippen LogP contribution in [0.1, 0.15) is 5.56 Å². The van der Waals surface area contributed by atoms with Gasteiger partial charge in [0.2, 0.25) is 0 Å². The van der Waals surface area contributed by atoms with Crippen molar-refractivity contribution in [1.82, 2.24) is 0 Å². The molecule has 5 nitrogen and oxygen atoms in total. The number of hydrogen-bond acceptors (Lipinski definition) is 4. The minimum absolute atomic E-state index is 0.0565. The van der Waals surface area contributed by atoms with E-state index in [4.69, 9.17) is 15.6 Å². The van der Waals surface area contributed by atoms with Crippen molar-refractivity contribution in [3.8, 4) is 12.1 Å². The molecule has 1 aromatic carbocycles. The van der Waals surface area contributed by atoms with E-state index in [1.807, 2.05) is 12.1 Å². The van der Waals surface area contributed by atoms with E-state index in [0.717, 1.165) is 6.08 Å². The molecular formula is C13H10FN3O2. The molecular weight excluding hydrogens is 249 g/mol. The third-order valence-corrected chi connectivity index (χ3v) is 2.21. The van der Waals surface area contributed by atoms with E-state index >= 15 is 0 Å². The van der Waals surface area contributed by atoms with Gasteiger partial charge in [-0.05, 0) is 29.8 Å². The first-order valence-corrected chi connectivity index (χ1v) is 5.27. The minimum Gasteiger partial charge on any atom is -0.478 e. The highest BCUT2D eigenvalue weighted by molar-refractivity contribution is 5.85. The van der Waals surface area contributed by atoms with Gasteiger partial charge < -0.3 is 10.0 Å². The predicted octanol–water partition coefficient (Wildman–Crippen LogP) is 1.78. The Morgan fingerprint density at radius 2 is 1.95 bits per heavy atom. The molecule has 6 heteroatoms. The van der Waals surface area contributed by atoms with Gasteiger partial charge in [0.25, 0.3) is 0 Å². The molecule has 0 saturated carbocycles. The summed E-state index contributed by atoms with van der Waals surface area (Å²) in [5.41, 5.74) is 0.700. The van der Waals surface area contributed by atoms with Crippen LogP contribution in [0.4, 0.5) is 10.1 Å². The van der Waals surface area contributed by atoms with Crippen LogP contribution in [-0.4, -0.2) is 24.2 Å². The molecule has 19 heavy (non-hydrogen) atoms. The first kappa shape index (κ1) is 14.2. The number of nitriles is 2. The SMILES string of the molecule is N#CCN(CC#N)c1cc(F)cc(/C=C/C(=O)O)c1. The van der Waals surface area contributed by atoms with Crippen molar-refractivity contribution in [3.63, 3.8) is 0 Å². The second-order valence-corrected chi connectivity index (χ2v) is 3.59. The standard InChI is InChI=1S/C13H10FN3O2/c14-11-7-10(1-2-13(18)19)8-12(9-11)17(5-3-15)6-4-16/h1-2,7-9H,5-6H2,(H,18,19)/b2-1+. The van der Waals surface area contributed by atoms with Gasteiger partial charge in [0.15, 0.2) is 0 Å². The summed E-state index contributed by atoms with van der Waals surface area (Å²) >= 11 is 0. The van der Waals surface area contributed by atoms with Gasteiger partial charge in [-0.1, -0.05) is 0 Å². The average Bonchev–Trinajstić information content (AvgIpc) is 2.35. The van der Waals surface area contributed by atoms with Gasteiger partial charge >= 0.3 is 5.97 Å². The van der Waals surface area contributed by atoms with Crippen molar-refractivity contribution >= 4 is 17.7 Å². The lowest BCUT2D eigenvalue weighted by Gasteiger charge is -2.18. The maximum absolute atomic E-state index is 13.4. The summed E-state index contributed by atoms with van der Waals surface area (Å²) in [5.74, 6) is -1.71. The Kier molecular flexibility index (Phi) is 5.06. The van der Waals surface area contributed by atoms with Gasteiger partial charge in [-0.25, -0.2) is 9.18 Å². The lowest BCUT2D eigenvalue weighted by Crippen LogP contribution is -2.23. The summed E-state index contributed by atoms with van der Waals surface area (Å²) < 4.78 is 13.4. The predicted molar refractivity (Wildman–Crippen MR) is 66.5 cm³/mol. The summed E-state index contributed by atoms with van der Waals surface area (Å²) in [6, 6.07) is 7.63. The summed E-state index contributed by atoms with van der Waals surface area (Å²) in [5, 5.41) is 25.8. The van der Waals surface area contributed by atoms with Gasteiger partial charge in [0.1, 0.15) is 18.9 Å². The van der Waals surface area contributed by atoms with Crippen LogP contribution in [0.3, 0.4) is 0 Å². The monoisotopic (exact) mass is 259 g/mol. The number of carbonyl (C=O) groups is 1. The Balaban J connectivity index is 3.11. The molecule has 0 saturated heterocycles. The van der Waals surface area contributed by atoms with Crippen molar-refractivity contribution < 1.29 is 14.3 Å². The van der Waals surface area contributed by atoms with Crippen LogP contribution in [0.2, 0.25) is 0 Å². The lowest BCUT2D eigenvalue weighted by molar-refractivity contribution is -0.131. The Bertz CT molecular complexity index is 569. The van der Waals surface area contributed by atoms with Crippen LogP contribution in [-0.2, 0) is 4.79 Å². The number of halogens is 1. The van der Waals surface area contributed by atoms with E-state index in [0.29, 0.717) is 11.3 Å². The van der Waals surface area contributed by atoms with Crippen LogP contribution < -0.4 is 4.90 Å². The molecule has 0 bridgehead atoms. The third-order valence-electron chi connectivity index (χ3n) is 2.21. The molecule has 0 fully saturated rings. The average molecular weight is 259 g/mol. The molecule has 0 atom stereocenters. The van der Waals surface area contributed by atoms with E-state index in [1.54, 1.807) is 0 Å². The third kappa shape index (κ3) is 4.49. The normalized spacial score (nSPS) is 9.84. The zero-order valence-corrected chi connectivity index (χ0v) is 9.88. The molecule has 0 aliphatic carbocycles. The van der Waals surface area contributed by atoms with Gasteiger partial charge in [-0.3, -0.25) is 0 Å². The van der Waals surface area contributed by atoms with Gasteiger partial charge in [-0.2, -0.15) is 10.5 Å². The quantitative estimate of drug-likeness (QED) is 0.643. The fraction of sp³-hybridized carbons (Fsp3) is 0.154. The van der Waals surface area contributed by atoms with Gasteiger partial charge in [0.05, 0.1) is 12.1 Å². The molecule has 1 rings (SSSR count). The fourth-order valence-electron chi connectivity index (χ4n) is 1.45. The van der Waals surface area contributed by atoms with Crippen LogP contribution >= 0.6 is 0 Å².